The average Bonchev–Trinajstić information content (AvgIpc) is 2.42. The van der Waals surface area contributed by atoms with E-state index in [0.717, 1.165) is 0 Å². The molecule has 5 nitrogen and oxygen atoms in total. The quantitative estimate of drug-likeness (QED) is 0.766. The van der Waals surface area contributed by atoms with Crippen molar-refractivity contribution in [2.75, 3.05) is 4.90 Å². The molecule has 0 aliphatic carbocycles. The van der Waals surface area contributed by atoms with E-state index < -0.39 is 6.10 Å². The summed E-state index contributed by atoms with van der Waals surface area (Å²) in [6, 6.07) is 8.11. The maximum Gasteiger partial charge on any atom is 0.131 e. The van der Waals surface area contributed by atoms with Crippen LogP contribution in [0.5, 0.6) is 0 Å². The molecule has 1 aliphatic rings. The zero-order valence-electron chi connectivity index (χ0n) is 10.3. The van der Waals surface area contributed by atoms with Crippen LogP contribution in [-0.2, 0) is 0 Å². The van der Waals surface area contributed by atoms with E-state index >= 15 is 0 Å². The standard InChI is InChI=1S/C13H7Cl3N4O/c14-6-1-2-10(9(15)3-6)20-12(16)7(4-17)11(21)8(5-18)13(20)19/h1-3,11,21H,19H2/t11-/m1/s1. The van der Waals surface area contributed by atoms with Crippen molar-refractivity contribution in [1.29, 1.82) is 10.5 Å². The van der Waals surface area contributed by atoms with Crippen LogP contribution in [0, 0.1) is 22.7 Å². The van der Waals surface area contributed by atoms with Crippen molar-refractivity contribution in [3.05, 3.63) is 50.4 Å². The minimum atomic E-state index is -1.46. The van der Waals surface area contributed by atoms with Crippen LogP contribution in [0.15, 0.2) is 40.3 Å². The summed E-state index contributed by atoms with van der Waals surface area (Å²) in [6.07, 6.45) is -1.46. The van der Waals surface area contributed by atoms with Gasteiger partial charge < -0.3 is 10.8 Å². The van der Waals surface area contributed by atoms with Crippen molar-refractivity contribution in [3.63, 3.8) is 0 Å². The lowest BCUT2D eigenvalue weighted by atomic mass is 10.0. The molecule has 1 heterocycles. The third-order valence-electron chi connectivity index (χ3n) is 2.87. The molecular weight excluding hydrogens is 335 g/mol. The third kappa shape index (κ3) is 2.53. The van der Waals surface area contributed by atoms with Crippen LogP contribution >= 0.6 is 34.8 Å². The van der Waals surface area contributed by atoms with Gasteiger partial charge in [-0.15, -0.1) is 0 Å². The van der Waals surface area contributed by atoms with E-state index in [0.29, 0.717) is 10.7 Å². The third-order valence-corrected chi connectivity index (χ3v) is 3.78. The Bertz CT molecular complexity index is 720. The number of aliphatic hydroxyl groups excluding tert-OH is 1. The number of aliphatic hydroxyl groups is 1. The van der Waals surface area contributed by atoms with Crippen LogP contribution in [0.2, 0.25) is 10.0 Å². The minimum Gasteiger partial charge on any atom is -0.384 e. The lowest BCUT2D eigenvalue weighted by molar-refractivity contribution is 0.252. The molecule has 21 heavy (non-hydrogen) atoms. The fourth-order valence-corrected chi connectivity index (χ4v) is 2.69. The zero-order valence-corrected chi connectivity index (χ0v) is 12.6. The first-order valence-corrected chi connectivity index (χ1v) is 6.68. The summed E-state index contributed by atoms with van der Waals surface area (Å²) >= 11 is 18.0. The van der Waals surface area contributed by atoms with Crippen molar-refractivity contribution < 1.29 is 5.11 Å². The van der Waals surface area contributed by atoms with Gasteiger partial charge >= 0.3 is 0 Å². The van der Waals surface area contributed by atoms with Gasteiger partial charge in [0.15, 0.2) is 0 Å². The lowest BCUT2D eigenvalue weighted by Crippen LogP contribution is -2.36. The maximum atomic E-state index is 9.94. The molecule has 8 heteroatoms. The summed E-state index contributed by atoms with van der Waals surface area (Å²) in [6.45, 7) is 0. The SMILES string of the molecule is N#CC1=C(N)N(c2ccc(Cl)cc2Cl)C(Cl)=C(C#N)[C@H]1O. The van der Waals surface area contributed by atoms with E-state index in [2.05, 4.69) is 0 Å². The van der Waals surface area contributed by atoms with Gasteiger partial charge in [0.1, 0.15) is 34.8 Å². The Kier molecular flexibility index (Phi) is 4.32. The summed E-state index contributed by atoms with van der Waals surface area (Å²) in [7, 11) is 0. The second kappa shape index (κ2) is 5.85. The largest absolute Gasteiger partial charge is 0.384 e. The molecule has 1 aromatic rings. The number of rotatable bonds is 1. The highest BCUT2D eigenvalue weighted by molar-refractivity contribution is 6.37. The topological polar surface area (TPSA) is 97.1 Å². The monoisotopic (exact) mass is 340 g/mol. The molecule has 0 unspecified atom stereocenters. The van der Waals surface area contributed by atoms with Gasteiger partial charge in [0.25, 0.3) is 0 Å². The van der Waals surface area contributed by atoms with E-state index in [1.807, 2.05) is 0 Å². The van der Waals surface area contributed by atoms with Crippen molar-refractivity contribution in [1.82, 2.24) is 0 Å². The number of benzene rings is 1. The highest BCUT2D eigenvalue weighted by atomic mass is 35.5. The van der Waals surface area contributed by atoms with E-state index in [1.54, 1.807) is 24.3 Å². The highest BCUT2D eigenvalue weighted by Gasteiger charge is 2.34. The summed E-state index contributed by atoms with van der Waals surface area (Å²) < 4.78 is 0. The van der Waals surface area contributed by atoms with E-state index in [-0.39, 0.29) is 27.1 Å². The Labute approximate surface area is 135 Å². The van der Waals surface area contributed by atoms with Crippen LogP contribution < -0.4 is 10.6 Å². The van der Waals surface area contributed by atoms with Gasteiger partial charge in [0.2, 0.25) is 0 Å². The predicted molar refractivity (Wildman–Crippen MR) is 80.3 cm³/mol. The Balaban J connectivity index is 2.71. The Morgan fingerprint density at radius 1 is 1.14 bits per heavy atom. The van der Waals surface area contributed by atoms with Crippen LogP contribution in [0.3, 0.4) is 0 Å². The number of halogens is 3. The van der Waals surface area contributed by atoms with Gasteiger partial charge in [-0.25, -0.2) is 0 Å². The smallest absolute Gasteiger partial charge is 0.131 e. The molecule has 0 aromatic heterocycles. The second-order valence-corrected chi connectivity index (χ2v) is 5.26. The molecule has 106 valence electrons. The minimum absolute atomic E-state index is 0.0989. The number of hydrogen-bond acceptors (Lipinski definition) is 5. The molecule has 0 amide bonds. The van der Waals surface area contributed by atoms with Gasteiger partial charge in [-0.05, 0) is 18.2 Å². The van der Waals surface area contributed by atoms with Crippen molar-refractivity contribution in [2.45, 2.75) is 6.10 Å². The fraction of sp³-hybridized carbons (Fsp3) is 0.0769. The molecule has 0 bridgehead atoms. The number of hydrogen-bond donors (Lipinski definition) is 2. The summed E-state index contributed by atoms with van der Waals surface area (Å²) in [5, 5.41) is 28.7. The molecule has 0 fully saturated rings. The van der Waals surface area contributed by atoms with Gasteiger partial charge in [0, 0.05) is 5.02 Å². The summed E-state index contributed by atoms with van der Waals surface area (Å²) in [5.41, 5.74) is 5.85. The Morgan fingerprint density at radius 2 is 1.76 bits per heavy atom. The highest BCUT2D eigenvalue weighted by Crippen LogP contribution is 2.39. The second-order valence-electron chi connectivity index (χ2n) is 4.06. The van der Waals surface area contributed by atoms with Crippen LogP contribution in [0.1, 0.15) is 0 Å². The van der Waals surface area contributed by atoms with Crippen LogP contribution in [0.25, 0.3) is 0 Å². The lowest BCUT2D eigenvalue weighted by Gasteiger charge is -2.31. The Hall–Kier alpha value is -1.89. The van der Waals surface area contributed by atoms with Gasteiger partial charge in [-0.1, -0.05) is 34.8 Å². The Morgan fingerprint density at radius 3 is 2.29 bits per heavy atom. The maximum absolute atomic E-state index is 9.94. The molecule has 1 aromatic carbocycles. The molecular formula is C13H7Cl3N4O. The molecule has 0 saturated heterocycles. The first-order valence-electron chi connectivity index (χ1n) is 5.55. The van der Waals surface area contributed by atoms with Crippen molar-refractivity contribution in [2.24, 2.45) is 5.73 Å². The number of nitrogens with two attached hydrogens (primary N) is 1. The number of nitriles is 2. The molecule has 0 saturated carbocycles. The van der Waals surface area contributed by atoms with E-state index in [9.17, 15) is 5.11 Å². The molecule has 3 N–H and O–H groups in total. The first-order chi connectivity index (χ1) is 9.92. The van der Waals surface area contributed by atoms with Gasteiger partial charge in [-0.2, -0.15) is 10.5 Å². The molecule has 1 atom stereocenters. The molecule has 0 radical (unpaired) electrons. The van der Waals surface area contributed by atoms with Gasteiger partial charge in [0.05, 0.1) is 16.3 Å². The molecule has 1 aliphatic heterocycles. The van der Waals surface area contributed by atoms with Crippen molar-refractivity contribution >= 4 is 40.5 Å². The zero-order chi connectivity index (χ0) is 15.7. The normalized spacial score (nSPS) is 18.6. The number of nitrogens with zero attached hydrogens (tertiary/aromatic N) is 3. The average molecular weight is 342 g/mol. The predicted octanol–water partition coefficient (Wildman–Crippen LogP) is 2.84. The fourth-order valence-electron chi connectivity index (χ4n) is 1.87. The first kappa shape index (κ1) is 15.5. The van der Waals surface area contributed by atoms with Crippen LogP contribution in [-0.4, -0.2) is 11.2 Å². The van der Waals surface area contributed by atoms with E-state index in [4.69, 9.17) is 51.1 Å². The van der Waals surface area contributed by atoms with Gasteiger partial charge in [-0.3, -0.25) is 4.90 Å². The van der Waals surface area contributed by atoms with E-state index in [1.165, 1.54) is 11.0 Å². The molecule has 0 spiro atoms. The summed E-state index contributed by atoms with van der Waals surface area (Å²) in [4.78, 5) is 1.23. The number of anilines is 1. The summed E-state index contributed by atoms with van der Waals surface area (Å²) in [5.74, 6) is -0.0989. The molecule has 2 rings (SSSR count). The van der Waals surface area contributed by atoms with Crippen LogP contribution in [0.4, 0.5) is 5.69 Å². The van der Waals surface area contributed by atoms with Crippen molar-refractivity contribution in [3.8, 4) is 12.1 Å².